The van der Waals surface area contributed by atoms with Crippen LogP contribution in [-0.2, 0) is 9.59 Å². The number of carbonyl (C=O) groups excluding carboxylic acids is 2. The monoisotopic (exact) mass is 564 g/mol. The number of anilines is 1. The fraction of sp³-hybridized carbons (Fsp3) is 0.367. The molecule has 1 N–H and O–H groups in total. The van der Waals surface area contributed by atoms with Crippen LogP contribution in [0.1, 0.15) is 50.8 Å². The van der Waals surface area contributed by atoms with Gasteiger partial charge in [0.15, 0.2) is 0 Å². The Hall–Kier alpha value is -3.98. The Bertz CT molecular complexity index is 1540. The van der Waals surface area contributed by atoms with E-state index in [0.29, 0.717) is 46.9 Å². The fourth-order valence-electron chi connectivity index (χ4n) is 5.34. The predicted octanol–water partition coefficient (Wildman–Crippen LogP) is 4.98. The number of carbonyl (C=O) groups is 2. The van der Waals surface area contributed by atoms with Crippen molar-refractivity contribution < 1.29 is 19.1 Å². The molecule has 2 aliphatic heterocycles. The van der Waals surface area contributed by atoms with Crippen molar-refractivity contribution in [3.63, 3.8) is 0 Å². The van der Waals surface area contributed by atoms with E-state index in [0.717, 1.165) is 17.7 Å². The topological polar surface area (TPSA) is 96.9 Å². The minimum atomic E-state index is -0.566. The van der Waals surface area contributed by atoms with E-state index in [1.807, 2.05) is 18.7 Å². The molecular formula is C30H33ClN4O5. The number of aromatic nitrogens is 2. The number of piperidine rings is 1. The van der Waals surface area contributed by atoms with Gasteiger partial charge in [0.05, 0.1) is 36.7 Å². The van der Waals surface area contributed by atoms with Gasteiger partial charge in [0.2, 0.25) is 0 Å². The molecule has 1 aromatic heterocycles. The first-order valence-corrected chi connectivity index (χ1v) is 13.7. The first kappa shape index (κ1) is 27.6. The molecule has 1 fully saturated rings. The first-order chi connectivity index (χ1) is 19.2. The zero-order chi connectivity index (χ0) is 28.7. The van der Waals surface area contributed by atoms with Gasteiger partial charge in [-0.1, -0.05) is 32.4 Å². The van der Waals surface area contributed by atoms with Crippen LogP contribution in [0.15, 0.2) is 53.0 Å². The zero-order valence-electron chi connectivity index (χ0n) is 23.3. The molecule has 0 radical (unpaired) electrons. The molecule has 10 heteroatoms. The van der Waals surface area contributed by atoms with Gasteiger partial charge in [-0.05, 0) is 61.1 Å². The summed E-state index contributed by atoms with van der Waals surface area (Å²) in [4.78, 5) is 45.7. The van der Waals surface area contributed by atoms with E-state index < -0.39 is 17.4 Å². The van der Waals surface area contributed by atoms with Crippen LogP contribution < -0.4 is 19.9 Å². The maximum atomic E-state index is 14.3. The molecule has 3 heterocycles. The van der Waals surface area contributed by atoms with Crippen LogP contribution in [0.2, 0.25) is 5.02 Å². The van der Waals surface area contributed by atoms with Crippen molar-refractivity contribution >= 4 is 34.7 Å². The van der Waals surface area contributed by atoms with Crippen LogP contribution in [0.3, 0.4) is 0 Å². The summed E-state index contributed by atoms with van der Waals surface area (Å²) in [5, 5.41) is 3.74. The van der Waals surface area contributed by atoms with Gasteiger partial charge in [-0.3, -0.25) is 19.5 Å². The van der Waals surface area contributed by atoms with E-state index in [-0.39, 0.29) is 28.4 Å². The molecule has 5 rings (SSSR count). The lowest BCUT2D eigenvalue weighted by molar-refractivity contribution is -0.120. The molecule has 3 aromatic rings. The predicted molar refractivity (Wildman–Crippen MR) is 154 cm³/mol. The molecule has 2 amide bonds. The molecule has 0 saturated carbocycles. The average Bonchev–Trinajstić information content (AvgIpc) is 3.41. The van der Waals surface area contributed by atoms with Gasteiger partial charge in [0.25, 0.3) is 17.4 Å². The molecule has 210 valence electrons. The second kappa shape index (κ2) is 10.9. The quantitative estimate of drug-likeness (QED) is 0.407. The van der Waals surface area contributed by atoms with Crippen molar-refractivity contribution in [2.24, 2.45) is 5.92 Å². The Morgan fingerprint density at radius 1 is 0.950 bits per heavy atom. The van der Waals surface area contributed by atoms with Gasteiger partial charge < -0.3 is 14.4 Å². The third kappa shape index (κ3) is 4.68. The van der Waals surface area contributed by atoms with Gasteiger partial charge in [-0.15, -0.1) is 0 Å². The maximum Gasteiger partial charge on any atom is 0.282 e. The van der Waals surface area contributed by atoms with Crippen LogP contribution in [0.25, 0.3) is 11.3 Å². The third-order valence-electron chi connectivity index (χ3n) is 7.62. The smallest absolute Gasteiger partial charge is 0.282 e. The number of ether oxygens (including phenoxy) is 2. The second-order valence-corrected chi connectivity index (χ2v) is 11.0. The number of aromatic amines is 1. The number of rotatable bonds is 7. The van der Waals surface area contributed by atoms with Gasteiger partial charge in [0, 0.05) is 29.9 Å². The average molecular weight is 565 g/mol. The maximum absolute atomic E-state index is 14.3. The Labute approximate surface area is 237 Å². The Balaban J connectivity index is 1.73. The van der Waals surface area contributed by atoms with Crippen molar-refractivity contribution in [1.82, 2.24) is 14.7 Å². The van der Waals surface area contributed by atoms with Crippen LogP contribution >= 0.6 is 11.6 Å². The van der Waals surface area contributed by atoms with Gasteiger partial charge in [-0.25, -0.2) is 9.58 Å². The van der Waals surface area contributed by atoms with E-state index in [2.05, 4.69) is 12.0 Å². The van der Waals surface area contributed by atoms with Gasteiger partial charge in [-0.2, -0.15) is 0 Å². The van der Waals surface area contributed by atoms with Crippen LogP contribution in [-0.4, -0.2) is 53.8 Å². The van der Waals surface area contributed by atoms with E-state index in [9.17, 15) is 14.4 Å². The number of nitrogens with one attached hydrogen (secondary N) is 1. The molecule has 0 unspecified atom stereocenters. The number of hydrogen-bond acceptors (Lipinski definition) is 6. The van der Waals surface area contributed by atoms with Gasteiger partial charge in [0.1, 0.15) is 17.2 Å². The standard InChI is InChI=1S/C30H33ClN4O5/c1-17(2)26-24(29(37)35(32-26)20-8-6-19(31)7-9-20)25-27(33-14-12-18(3)13-15-33)30(38)34(28(25)36)22-11-10-21(39-4)16-23(22)40-5/h6-11,16-18,32H,12-15H2,1-5H3. The van der Waals surface area contributed by atoms with Crippen LogP contribution in [0.5, 0.6) is 11.5 Å². The lowest BCUT2D eigenvalue weighted by atomic mass is 9.95. The molecule has 0 atom stereocenters. The summed E-state index contributed by atoms with van der Waals surface area (Å²) in [5.74, 6) is 0.154. The fourth-order valence-corrected chi connectivity index (χ4v) is 5.47. The Kier molecular flexibility index (Phi) is 7.51. The third-order valence-corrected chi connectivity index (χ3v) is 7.87. The number of H-pyrrole nitrogens is 1. The number of amides is 2. The molecule has 2 aliphatic rings. The minimum absolute atomic E-state index is 0.107. The highest BCUT2D eigenvalue weighted by atomic mass is 35.5. The number of imide groups is 1. The lowest BCUT2D eigenvalue weighted by Crippen LogP contribution is -2.38. The highest BCUT2D eigenvalue weighted by Gasteiger charge is 2.46. The number of likely N-dealkylation sites (tertiary alicyclic amines) is 1. The summed E-state index contributed by atoms with van der Waals surface area (Å²) in [6, 6.07) is 11.8. The minimum Gasteiger partial charge on any atom is -0.497 e. The molecular weight excluding hydrogens is 532 g/mol. The van der Waals surface area contributed by atoms with Crippen molar-refractivity contribution in [3.05, 3.63) is 74.8 Å². The molecule has 0 spiro atoms. The molecule has 0 aliphatic carbocycles. The number of halogens is 1. The van der Waals surface area contributed by atoms with Crippen LogP contribution in [0.4, 0.5) is 5.69 Å². The Morgan fingerprint density at radius 2 is 1.62 bits per heavy atom. The molecule has 40 heavy (non-hydrogen) atoms. The van der Waals surface area contributed by atoms with E-state index in [4.69, 9.17) is 21.1 Å². The van der Waals surface area contributed by atoms with E-state index >= 15 is 0 Å². The zero-order valence-corrected chi connectivity index (χ0v) is 24.0. The molecule has 2 aromatic carbocycles. The molecule has 1 saturated heterocycles. The van der Waals surface area contributed by atoms with Crippen molar-refractivity contribution in [2.75, 3.05) is 32.2 Å². The number of methoxy groups -OCH3 is 2. The summed E-state index contributed by atoms with van der Waals surface area (Å²) in [7, 11) is 3.00. The number of benzene rings is 2. The molecule has 0 bridgehead atoms. The normalized spacial score (nSPS) is 16.5. The second-order valence-electron chi connectivity index (χ2n) is 10.5. The van der Waals surface area contributed by atoms with Crippen molar-refractivity contribution in [2.45, 2.75) is 39.5 Å². The largest absolute Gasteiger partial charge is 0.497 e. The number of nitrogens with zero attached hydrogens (tertiary/aromatic N) is 3. The highest BCUT2D eigenvalue weighted by molar-refractivity contribution is 6.45. The van der Waals surface area contributed by atoms with E-state index in [1.54, 1.807) is 42.5 Å². The Morgan fingerprint density at radius 3 is 2.23 bits per heavy atom. The van der Waals surface area contributed by atoms with Gasteiger partial charge >= 0.3 is 0 Å². The van der Waals surface area contributed by atoms with Crippen LogP contribution in [0, 0.1) is 5.92 Å². The first-order valence-electron chi connectivity index (χ1n) is 13.4. The van der Waals surface area contributed by atoms with Crippen molar-refractivity contribution in [1.29, 1.82) is 0 Å². The lowest BCUT2D eigenvalue weighted by Gasteiger charge is -2.32. The summed E-state index contributed by atoms with van der Waals surface area (Å²) < 4.78 is 12.3. The SMILES string of the molecule is COc1ccc(N2C(=O)C(c3c(C(C)C)[nH]n(-c4ccc(Cl)cc4)c3=O)=C(N3CCC(C)CC3)C2=O)c(OC)c1. The van der Waals surface area contributed by atoms with E-state index in [1.165, 1.54) is 18.9 Å². The summed E-state index contributed by atoms with van der Waals surface area (Å²) in [5.41, 5.74) is 1.58. The summed E-state index contributed by atoms with van der Waals surface area (Å²) in [6.45, 7) is 7.28. The number of hydrogen-bond donors (Lipinski definition) is 1. The van der Waals surface area contributed by atoms with Crippen molar-refractivity contribution in [3.8, 4) is 17.2 Å². The molecule has 9 nitrogen and oxygen atoms in total. The summed E-state index contributed by atoms with van der Waals surface area (Å²) in [6.07, 6.45) is 1.76. The highest BCUT2D eigenvalue weighted by Crippen LogP contribution is 2.41. The summed E-state index contributed by atoms with van der Waals surface area (Å²) >= 11 is 6.08.